The summed E-state index contributed by atoms with van der Waals surface area (Å²) >= 11 is 1.53. The molecule has 1 heterocycles. The summed E-state index contributed by atoms with van der Waals surface area (Å²) in [5.41, 5.74) is 9.14. The van der Waals surface area contributed by atoms with Crippen molar-refractivity contribution in [2.24, 2.45) is 0 Å². The van der Waals surface area contributed by atoms with E-state index in [0.717, 1.165) is 10.8 Å². The van der Waals surface area contributed by atoms with E-state index in [-0.39, 0.29) is 23.4 Å². The van der Waals surface area contributed by atoms with Crippen molar-refractivity contribution in [3.63, 3.8) is 0 Å². The van der Waals surface area contributed by atoms with Crippen molar-refractivity contribution in [3.05, 3.63) is 35.2 Å². The quantitative estimate of drug-likeness (QED) is 0.602. The molecule has 16 heavy (non-hydrogen) atoms. The van der Waals surface area contributed by atoms with E-state index in [1.807, 2.05) is 5.38 Å². The number of anilines is 1. The number of aryl methyl sites for hydroxylation is 1. The van der Waals surface area contributed by atoms with E-state index in [0.29, 0.717) is 0 Å². The first-order valence-electron chi connectivity index (χ1n) is 4.09. The Balaban J connectivity index is 0. The zero-order valence-corrected chi connectivity index (χ0v) is 10.3. The fourth-order valence-corrected chi connectivity index (χ4v) is 1.80. The van der Waals surface area contributed by atoms with Gasteiger partial charge in [0.05, 0.1) is 0 Å². The zero-order chi connectivity index (χ0) is 9.26. The van der Waals surface area contributed by atoms with Crippen LogP contribution >= 0.6 is 11.3 Å². The molecule has 0 amide bonds. The van der Waals surface area contributed by atoms with Gasteiger partial charge in [0.25, 0.3) is 0 Å². The summed E-state index contributed by atoms with van der Waals surface area (Å²) < 4.78 is 0. The second-order valence-electron chi connectivity index (χ2n) is 3.00. The summed E-state index contributed by atoms with van der Waals surface area (Å²) in [7, 11) is 0. The Kier molecular flexibility index (Phi) is 7.75. The van der Waals surface area contributed by atoms with Crippen LogP contribution in [0, 0.1) is 6.92 Å². The largest absolute Gasteiger partial charge is 1.00 e. The van der Waals surface area contributed by atoms with Gasteiger partial charge < -0.3 is 23.4 Å². The lowest BCUT2D eigenvalue weighted by Crippen LogP contribution is -3.00. The molecule has 0 saturated heterocycles. The number of nitrogens with two attached hydrogens (primary N) is 1. The van der Waals surface area contributed by atoms with Gasteiger partial charge in [-0.1, -0.05) is 41.2 Å². The van der Waals surface area contributed by atoms with Gasteiger partial charge in [-0.3, -0.25) is 5.73 Å². The van der Waals surface area contributed by atoms with Crippen LogP contribution in [-0.4, -0.2) is 11.0 Å². The normalized spacial score (nSPS) is 8.31. The third kappa shape index (κ3) is 3.79. The van der Waals surface area contributed by atoms with Gasteiger partial charge in [-0.05, 0) is 6.92 Å². The summed E-state index contributed by atoms with van der Waals surface area (Å²) in [6.07, 6.45) is 0. The third-order valence-electron chi connectivity index (χ3n) is 1.92. The van der Waals surface area contributed by atoms with Gasteiger partial charge in [0, 0.05) is 10.9 Å². The van der Waals surface area contributed by atoms with E-state index >= 15 is 0 Å². The highest BCUT2D eigenvalue weighted by atomic mass is 35.5. The first-order chi connectivity index (χ1) is 6.25. The molecule has 1 aromatic carbocycles. The Bertz CT molecular complexity index is 417. The van der Waals surface area contributed by atoms with Gasteiger partial charge in [-0.15, -0.1) is 0 Å². The molecule has 4 nitrogen and oxygen atoms in total. The average Bonchev–Trinajstić information content (AvgIpc) is 2.53. The Labute approximate surface area is 104 Å². The summed E-state index contributed by atoms with van der Waals surface area (Å²) in [4.78, 5) is 3.11. The molecular weight excluding hydrogens is 248 g/mol. The Morgan fingerprint density at radius 1 is 1.12 bits per heavy atom. The van der Waals surface area contributed by atoms with Gasteiger partial charge in [0.15, 0.2) is 0 Å². The van der Waals surface area contributed by atoms with Crippen molar-refractivity contribution in [1.82, 2.24) is 0 Å². The number of benzene rings is 1. The van der Waals surface area contributed by atoms with Crippen LogP contribution in [0.25, 0.3) is 11.3 Å². The fraction of sp³-hybridized carbons (Fsp3) is 0.100. The molecule has 1 aromatic heterocycles. The van der Waals surface area contributed by atoms with E-state index in [2.05, 4.69) is 36.2 Å². The summed E-state index contributed by atoms with van der Waals surface area (Å²) in [6, 6.07) is 8.37. The maximum Gasteiger partial charge on any atom is 0.329 e. The molecule has 2 rings (SSSR count). The predicted molar refractivity (Wildman–Crippen MR) is 62.7 cm³/mol. The second-order valence-corrected chi connectivity index (χ2v) is 3.92. The number of nitrogen functional groups attached to an aromatic ring is 1. The van der Waals surface area contributed by atoms with Crippen LogP contribution in [0.5, 0.6) is 0 Å². The number of hydrogen-bond donors (Lipinski definition) is 1. The molecule has 0 aliphatic heterocycles. The van der Waals surface area contributed by atoms with Gasteiger partial charge in [-0.25, -0.2) is 4.98 Å². The number of thiazole rings is 1. The molecular formula is C10H15ClN2O2S. The Hall–Kier alpha value is -1.14. The van der Waals surface area contributed by atoms with Crippen LogP contribution in [0.15, 0.2) is 29.6 Å². The van der Waals surface area contributed by atoms with Gasteiger partial charge in [0.2, 0.25) is 0 Å². The summed E-state index contributed by atoms with van der Waals surface area (Å²) in [5, 5.41) is 2.77. The minimum atomic E-state index is 0. The number of aromatic amines is 1. The molecule has 0 aliphatic rings. The molecule has 0 fully saturated rings. The maximum absolute atomic E-state index is 5.61. The molecule has 0 bridgehead atoms. The first kappa shape index (κ1) is 17.3. The van der Waals surface area contributed by atoms with Crippen LogP contribution < -0.4 is 23.1 Å². The van der Waals surface area contributed by atoms with Crippen molar-refractivity contribution >= 4 is 16.5 Å². The molecule has 2 aromatic rings. The molecule has 0 unspecified atom stereocenters. The van der Waals surface area contributed by atoms with Crippen LogP contribution in [-0.2, 0) is 0 Å². The van der Waals surface area contributed by atoms with Crippen molar-refractivity contribution in [2.75, 3.05) is 5.73 Å². The monoisotopic (exact) mass is 262 g/mol. The summed E-state index contributed by atoms with van der Waals surface area (Å²) in [6.45, 7) is 2.08. The van der Waals surface area contributed by atoms with Crippen molar-refractivity contribution in [3.8, 4) is 11.3 Å². The van der Waals surface area contributed by atoms with E-state index < -0.39 is 0 Å². The van der Waals surface area contributed by atoms with Crippen molar-refractivity contribution in [1.29, 1.82) is 0 Å². The first-order valence-corrected chi connectivity index (χ1v) is 4.97. The molecule has 90 valence electrons. The second kappa shape index (κ2) is 7.19. The number of nitrogens with one attached hydrogen (secondary N) is 1. The van der Waals surface area contributed by atoms with Crippen LogP contribution in [0.2, 0.25) is 0 Å². The topological polar surface area (TPSA) is 103 Å². The zero-order valence-electron chi connectivity index (χ0n) is 8.75. The molecule has 0 spiro atoms. The lowest BCUT2D eigenvalue weighted by molar-refractivity contribution is -0.340. The van der Waals surface area contributed by atoms with Crippen LogP contribution in [0.4, 0.5) is 5.13 Å². The number of rotatable bonds is 1. The molecule has 7 N–H and O–H groups in total. The molecule has 0 atom stereocenters. The Morgan fingerprint density at radius 2 is 1.69 bits per heavy atom. The van der Waals surface area contributed by atoms with Gasteiger partial charge in [-0.2, -0.15) is 0 Å². The highest BCUT2D eigenvalue weighted by molar-refractivity contribution is 7.13. The highest BCUT2D eigenvalue weighted by Crippen LogP contribution is 2.19. The van der Waals surface area contributed by atoms with Crippen molar-refractivity contribution in [2.45, 2.75) is 6.92 Å². The number of H-pyrrole nitrogens is 1. The Morgan fingerprint density at radius 3 is 2.12 bits per heavy atom. The number of hydrogen-bond acceptors (Lipinski definition) is 2. The van der Waals surface area contributed by atoms with E-state index in [1.165, 1.54) is 22.5 Å². The SMILES string of the molecule is Cc1ccc(-c2csc(N)[nH+]2)cc1.O.O.[Cl-]. The van der Waals surface area contributed by atoms with Crippen molar-refractivity contribution < 1.29 is 28.3 Å². The van der Waals surface area contributed by atoms with E-state index in [1.54, 1.807) is 0 Å². The van der Waals surface area contributed by atoms with E-state index in [4.69, 9.17) is 5.73 Å². The molecule has 0 aliphatic carbocycles. The maximum atomic E-state index is 5.61. The van der Waals surface area contributed by atoms with Gasteiger partial charge in [0.1, 0.15) is 5.69 Å². The summed E-state index contributed by atoms with van der Waals surface area (Å²) in [5.74, 6) is 0. The number of aromatic nitrogens is 1. The smallest absolute Gasteiger partial charge is 0.329 e. The molecule has 6 heteroatoms. The standard InChI is InChI=1S/C10H10N2S.ClH.2H2O/c1-7-2-4-8(5-3-7)9-6-13-10(11)12-9;;;/h2-6H,1H3,(H2,11,12);1H;2*1H2. The highest BCUT2D eigenvalue weighted by Gasteiger charge is 2.04. The lowest BCUT2D eigenvalue weighted by Gasteiger charge is -1.94. The third-order valence-corrected chi connectivity index (χ3v) is 2.63. The van der Waals surface area contributed by atoms with Crippen LogP contribution in [0.1, 0.15) is 5.56 Å². The molecule has 0 radical (unpaired) electrons. The number of halogens is 1. The average molecular weight is 263 g/mol. The minimum absolute atomic E-state index is 0. The fourth-order valence-electron chi connectivity index (χ4n) is 1.19. The minimum Gasteiger partial charge on any atom is -1.00 e. The predicted octanol–water partition coefficient (Wildman–Crippen LogP) is -2.53. The van der Waals surface area contributed by atoms with Gasteiger partial charge >= 0.3 is 5.13 Å². The lowest BCUT2D eigenvalue weighted by atomic mass is 10.1. The van der Waals surface area contributed by atoms with Crippen LogP contribution in [0.3, 0.4) is 0 Å². The van der Waals surface area contributed by atoms with E-state index in [9.17, 15) is 0 Å². The molecule has 0 saturated carbocycles.